The van der Waals surface area contributed by atoms with E-state index in [9.17, 15) is 9.90 Å². The van der Waals surface area contributed by atoms with Gasteiger partial charge in [0.05, 0.1) is 44.1 Å². The fourth-order valence-electron chi connectivity index (χ4n) is 6.70. The predicted octanol–water partition coefficient (Wildman–Crippen LogP) is 4.73. The van der Waals surface area contributed by atoms with Crippen molar-refractivity contribution in [2.24, 2.45) is 0 Å². The van der Waals surface area contributed by atoms with E-state index < -0.39 is 11.9 Å². The molecule has 0 spiro atoms. The number of carbonyl (C=O) groups is 1. The Hall–Kier alpha value is -3.23. The number of rotatable bonds is 4. The molecule has 3 heterocycles. The molecule has 2 bridgehead atoms. The summed E-state index contributed by atoms with van der Waals surface area (Å²) in [6.07, 6.45) is 0.0172. The lowest BCUT2D eigenvalue weighted by molar-refractivity contribution is -0.136. The Kier molecular flexibility index (Phi) is 5.97. The summed E-state index contributed by atoms with van der Waals surface area (Å²) in [4.78, 5) is 15.3. The van der Waals surface area contributed by atoms with Crippen molar-refractivity contribution in [3.63, 3.8) is 0 Å². The molecule has 4 aliphatic rings. The van der Waals surface area contributed by atoms with Gasteiger partial charge in [0.15, 0.2) is 6.29 Å². The molecule has 0 radical (unpaired) electrons. The highest BCUT2D eigenvalue weighted by atomic mass is 16.7. The van der Waals surface area contributed by atoms with Crippen molar-refractivity contribution >= 4 is 6.09 Å². The molecule has 3 saturated heterocycles. The van der Waals surface area contributed by atoms with Gasteiger partial charge in [-0.15, -0.1) is 0 Å². The minimum atomic E-state index is -1.08. The average Bonchev–Trinajstić information content (AvgIpc) is 3.59. The number of morpholine rings is 1. The van der Waals surface area contributed by atoms with Gasteiger partial charge >= 0.3 is 6.09 Å². The van der Waals surface area contributed by atoms with Crippen LogP contribution in [0.4, 0.5) is 4.79 Å². The van der Waals surface area contributed by atoms with Crippen LogP contribution in [-0.4, -0.2) is 61.2 Å². The molecule has 2 unspecified atom stereocenters. The normalized spacial score (nSPS) is 26.7. The molecular weight excluding hydrogens is 482 g/mol. The van der Waals surface area contributed by atoms with E-state index >= 15 is 0 Å². The molecule has 1 amide bonds. The van der Waals surface area contributed by atoms with Crippen LogP contribution in [0.2, 0.25) is 0 Å². The van der Waals surface area contributed by atoms with Crippen molar-refractivity contribution in [1.82, 2.24) is 4.90 Å². The zero-order chi connectivity index (χ0) is 25.7. The van der Waals surface area contributed by atoms with E-state index in [1.54, 1.807) is 4.90 Å². The van der Waals surface area contributed by atoms with Gasteiger partial charge in [-0.2, -0.15) is 0 Å². The number of piperidine rings is 1. The summed E-state index contributed by atoms with van der Waals surface area (Å²) in [5.74, 6) is 0.00642. The van der Waals surface area contributed by atoms with Crippen LogP contribution < -0.4 is 0 Å². The van der Waals surface area contributed by atoms with Crippen molar-refractivity contribution in [3.05, 3.63) is 95.1 Å². The minimum Gasteiger partial charge on any atom is -0.448 e. The first-order chi connectivity index (χ1) is 18.6. The van der Waals surface area contributed by atoms with E-state index in [4.69, 9.17) is 18.9 Å². The lowest BCUT2D eigenvalue weighted by atomic mass is 9.76. The Morgan fingerprint density at radius 1 is 0.895 bits per heavy atom. The SMILES string of the molecule is O=C(OCC1c2ccccc2-c2ccccc21)N1C2COCC1CC(O)(c1cccc(C3OCCO3)c1)C2. The van der Waals surface area contributed by atoms with E-state index in [-0.39, 0.29) is 30.7 Å². The monoisotopic (exact) mass is 513 g/mol. The Morgan fingerprint density at radius 2 is 1.53 bits per heavy atom. The summed E-state index contributed by atoms with van der Waals surface area (Å²) >= 11 is 0. The average molecular weight is 514 g/mol. The van der Waals surface area contributed by atoms with Crippen LogP contribution in [0.1, 0.15) is 47.3 Å². The zero-order valence-electron chi connectivity index (χ0n) is 21.1. The molecule has 3 fully saturated rings. The highest BCUT2D eigenvalue weighted by Crippen LogP contribution is 2.45. The molecule has 7 heteroatoms. The number of aliphatic hydroxyl groups is 1. The van der Waals surface area contributed by atoms with Crippen LogP contribution >= 0.6 is 0 Å². The molecule has 3 aromatic carbocycles. The molecule has 196 valence electrons. The van der Waals surface area contributed by atoms with Gasteiger partial charge in [-0.1, -0.05) is 66.7 Å². The quantitative estimate of drug-likeness (QED) is 0.544. The highest BCUT2D eigenvalue weighted by Gasteiger charge is 2.49. The van der Waals surface area contributed by atoms with Crippen molar-refractivity contribution in [3.8, 4) is 11.1 Å². The number of hydrogen-bond donors (Lipinski definition) is 1. The number of ether oxygens (including phenoxy) is 4. The Balaban J connectivity index is 1.08. The Bertz CT molecular complexity index is 1290. The van der Waals surface area contributed by atoms with Crippen LogP contribution in [-0.2, 0) is 24.5 Å². The number of hydrogen-bond acceptors (Lipinski definition) is 6. The van der Waals surface area contributed by atoms with Gasteiger partial charge < -0.3 is 24.1 Å². The standard InChI is InChI=1S/C31H31NO6/c33-30(38-19-28-26-10-3-1-8-24(26)25-9-2-4-11-27(25)28)32-22-15-31(34,16-23(32)18-35-17-22)21-7-5-6-20(14-21)29-36-12-13-37-29/h1-11,14,22-23,28-29,34H,12-13,15-19H2. The lowest BCUT2D eigenvalue weighted by Crippen LogP contribution is -2.62. The van der Waals surface area contributed by atoms with Gasteiger partial charge in [0.2, 0.25) is 0 Å². The Labute approximate surface area is 221 Å². The van der Waals surface area contributed by atoms with Crippen LogP contribution in [0.25, 0.3) is 11.1 Å². The molecule has 3 aliphatic heterocycles. The second-order valence-corrected chi connectivity index (χ2v) is 10.7. The first kappa shape index (κ1) is 23.9. The summed E-state index contributed by atoms with van der Waals surface area (Å²) in [6, 6.07) is 23.9. The number of amides is 1. The molecule has 0 aromatic heterocycles. The maximum Gasteiger partial charge on any atom is 0.410 e. The van der Waals surface area contributed by atoms with Gasteiger partial charge in [0, 0.05) is 24.3 Å². The summed E-state index contributed by atoms with van der Waals surface area (Å²) in [5, 5.41) is 11.8. The topological polar surface area (TPSA) is 77.5 Å². The maximum absolute atomic E-state index is 13.5. The van der Waals surface area contributed by atoms with E-state index in [1.807, 2.05) is 48.5 Å². The van der Waals surface area contributed by atoms with Crippen molar-refractivity contribution in [2.75, 3.05) is 33.0 Å². The molecule has 7 nitrogen and oxygen atoms in total. The second kappa shape index (κ2) is 9.50. The first-order valence-electron chi connectivity index (χ1n) is 13.4. The predicted molar refractivity (Wildman–Crippen MR) is 140 cm³/mol. The first-order valence-corrected chi connectivity index (χ1v) is 13.4. The molecule has 3 aromatic rings. The lowest BCUT2D eigenvalue weighted by Gasteiger charge is -2.51. The summed E-state index contributed by atoms with van der Waals surface area (Å²) < 4.78 is 23.1. The van der Waals surface area contributed by atoms with Crippen molar-refractivity contribution in [1.29, 1.82) is 0 Å². The summed E-state index contributed by atoms with van der Waals surface area (Å²) in [6.45, 7) is 2.15. The van der Waals surface area contributed by atoms with Gasteiger partial charge in [0.1, 0.15) is 6.61 Å². The fourth-order valence-corrected chi connectivity index (χ4v) is 6.70. The van der Waals surface area contributed by atoms with Gasteiger partial charge in [-0.3, -0.25) is 4.90 Å². The number of carbonyl (C=O) groups excluding carboxylic acids is 1. The third-order valence-electron chi connectivity index (χ3n) is 8.42. The minimum absolute atomic E-state index is 0.00642. The van der Waals surface area contributed by atoms with Crippen LogP contribution in [0.5, 0.6) is 0 Å². The van der Waals surface area contributed by atoms with Gasteiger partial charge in [-0.25, -0.2) is 4.79 Å². The molecule has 38 heavy (non-hydrogen) atoms. The van der Waals surface area contributed by atoms with Crippen molar-refractivity contribution in [2.45, 2.75) is 42.7 Å². The maximum atomic E-state index is 13.5. The zero-order valence-corrected chi connectivity index (χ0v) is 21.1. The second-order valence-electron chi connectivity index (χ2n) is 10.7. The highest BCUT2D eigenvalue weighted by molar-refractivity contribution is 5.79. The van der Waals surface area contributed by atoms with Gasteiger partial charge in [0.25, 0.3) is 0 Å². The molecule has 2 atom stereocenters. The van der Waals surface area contributed by atoms with E-state index in [0.29, 0.717) is 39.3 Å². The molecule has 7 rings (SSSR count). The molecular formula is C31H31NO6. The number of fused-ring (bicyclic) bond motifs is 5. The fraction of sp³-hybridized carbons (Fsp3) is 0.387. The van der Waals surface area contributed by atoms with E-state index in [1.165, 1.54) is 22.3 Å². The smallest absolute Gasteiger partial charge is 0.410 e. The van der Waals surface area contributed by atoms with Crippen molar-refractivity contribution < 1.29 is 28.8 Å². The Morgan fingerprint density at radius 3 is 2.18 bits per heavy atom. The van der Waals surface area contributed by atoms with E-state index in [0.717, 1.165) is 11.1 Å². The third kappa shape index (κ3) is 4.01. The molecule has 0 saturated carbocycles. The molecule has 1 N–H and O–H groups in total. The van der Waals surface area contributed by atoms with Gasteiger partial charge in [-0.05, 0) is 33.9 Å². The van der Waals surface area contributed by atoms with E-state index in [2.05, 4.69) is 24.3 Å². The largest absolute Gasteiger partial charge is 0.448 e. The van der Waals surface area contributed by atoms with Crippen LogP contribution in [0, 0.1) is 0 Å². The summed E-state index contributed by atoms with van der Waals surface area (Å²) in [5.41, 5.74) is 5.42. The summed E-state index contributed by atoms with van der Waals surface area (Å²) in [7, 11) is 0. The third-order valence-corrected chi connectivity index (χ3v) is 8.42. The van der Waals surface area contributed by atoms with Crippen LogP contribution in [0.15, 0.2) is 72.8 Å². The number of benzene rings is 3. The number of nitrogens with zero attached hydrogens (tertiary/aromatic N) is 1. The molecule has 1 aliphatic carbocycles. The van der Waals surface area contributed by atoms with Crippen LogP contribution in [0.3, 0.4) is 0 Å².